The number of hydrogen-bond acceptors (Lipinski definition) is 7. The molecule has 0 aliphatic heterocycles. The van der Waals surface area contributed by atoms with Crippen molar-refractivity contribution in [3.63, 3.8) is 0 Å². The highest BCUT2D eigenvalue weighted by atomic mass is 32.1. The Hall–Kier alpha value is -2.35. The molecule has 7 heteroatoms. The number of fused-ring (bicyclic) bond motifs is 1. The van der Waals surface area contributed by atoms with Crippen LogP contribution in [-0.4, -0.2) is 29.1 Å². The first kappa shape index (κ1) is 18.0. The predicted molar refractivity (Wildman–Crippen MR) is 113 cm³/mol. The van der Waals surface area contributed by atoms with Crippen molar-refractivity contribution in [3.05, 3.63) is 57.6 Å². The zero-order valence-corrected chi connectivity index (χ0v) is 17.1. The fourth-order valence-corrected chi connectivity index (χ4v) is 4.80. The van der Waals surface area contributed by atoms with Crippen molar-refractivity contribution in [1.82, 2.24) is 15.0 Å². The van der Waals surface area contributed by atoms with Crippen LogP contribution >= 0.6 is 22.7 Å². The van der Waals surface area contributed by atoms with E-state index in [0.29, 0.717) is 19.0 Å². The standard InChI is InChI=1S/C20H20N4OS2/c1-13-11-26-17(21-13)9-24(2)19-18-15(14-7-5-4-6-8-14)12-27-20(18)23-16(22-19)10-25-3/h4-8,11-12H,9-10H2,1-3H3. The highest BCUT2D eigenvalue weighted by Crippen LogP contribution is 2.38. The minimum atomic E-state index is 0.395. The second-order valence-electron chi connectivity index (χ2n) is 6.33. The molecule has 0 amide bonds. The fraction of sp³-hybridized carbons (Fsp3) is 0.250. The molecular weight excluding hydrogens is 376 g/mol. The summed E-state index contributed by atoms with van der Waals surface area (Å²) in [7, 11) is 3.72. The fourth-order valence-electron chi connectivity index (χ4n) is 3.02. The summed E-state index contributed by atoms with van der Waals surface area (Å²) < 4.78 is 5.28. The SMILES string of the molecule is COCc1nc(N(C)Cc2nc(C)cs2)c2c(-c3ccccc3)csc2n1. The summed E-state index contributed by atoms with van der Waals surface area (Å²) in [6.07, 6.45) is 0. The molecule has 0 spiro atoms. The Morgan fingerprint density at radius 2 is 1.85 bits per heavy atom. The molecule has 0 radical (unpaired) electrons. The van der Waals surface area contributed by atoms with Gasteiger partial charge >= 0.3 is 0 Å². The number of methoxy groups -OCH3 is 1. The molecule has 0 saturated heterocycles. The Morgan fingerprint density at radius 3 is 2.56 bits per heavy atom. The molecule has 0 saturated carbocycles. The smallest absolute Gasteiger partial charge is 0.158 e. The molecule has 138 valence electrons. The molecule has 1 aromatic carbocycles. The summed E-state index contributed by atoms with van der Waals surface area (Å²) >= 11 is 3.32. The van der Waals surface area contributed by atoms with E-state index in [1.165, 1.54) is 5.56 Å². The highest BCUT2D eigenvalue weighted by Gasteiger charge is 2.19. The normalized spacial score (nSPS) is 11.2. The van der Waals surface area contributed by atoms with Gasteiger partial charge in [-0.25, -0.2) is 15.0 Å². The van der Waals surface area contributed by atoms with Crippen LogP contribution in [0.25, 0.3) is 21.3 Å². The Bertz CT molecular complexity index is 1060. The second-order valence-corrected chi connectivity index (χ2v) is 8.13. The van der Waals surface area contributed by atoms with Gasteiger partial charge in [0.2, 0.25) is 0 Å². The minimum absolute atomic E-state index is 0.395. The number of thiazole rings is 1. The van der Waals surface area contributed by atoms with Crippen LogP contribution in [0.2, 0.25) is 0 Å². The van der Waals surface area contributed by atoms with E-state index in [2.05, 4.69) is 52.0 Å². The molecule has 0 atom stereocenters. The maximum absolute atomic E-state index is 5.28. The van der Waals surface area contributed by atoms with Crippen LogP contribution in [0, 0.1) is 6.92 Å². The quantitative estimate of drug-likeness (QED) is 0.464. The van der Waals surface area contributed by atoms with Crippen molar-refractivity contribution in [2.75, 3.05) is 19.1 Å². The third-order valence-corrected chi connectivity index (χ3v) is 6.04. The predicted octanol–water partition coefficient (Wildman–Crippen LogP) is 4.91. The van der Waals surface area contributed by atoms with Crippen molar-refractivity contribution in [3.8, 4) is 11.1 Å². The van der Waals surface area contributed by atoms with Gasteiger partial charge in [0.1, 0.15) is 22.3 Å². The molecule has 4 aromatic rings. The van der Waals surface area contributed by atoms with Gasteiger partial charge in [-0.2, -0.15) is 0 Å². The van der Waals surface area contributed by atoms with Gasteiger partial charge in [0.15, 0.2) is 5.82 Å². The Labute approximate surface area is 166 Å². The lowest BCUT2D eigenvalue weighted by molar-refractivity contribution is 0.178. The first-order chi connectivity index (χ1) is 13.2. The summed E-state index contributed by atoms with van der Waals surface area (Å²) in [5.41, 5.74) is 3.39. The molecular formula is C20H20N4OS2. The van der Waals surface area contributed by atoms with E-state index in [0.717, 1.165) is 32.3 Å². The summed E-state index contributed by atoms with van der Waals surface area (Å²) in [4.78, 5) is 17.3. The molecule has 5 nitrogen and oxygen atoms in total. The number of thiophene rings is 1. The molecule has 0 N–H and O–H groups in total. The first-order valence-corrected chi connectivity index (χ1v) is 10.4. The zero-order valence-electron chi connectivity index (χ0n) is 15.5. The van der Waals surface area contributed by atoms with Gasteiger partial charge in [0.05, 0.1) is 11.9 Å². The molecule has 0 aliphatic carbocycles. The van der Waals surface area contributed by atoms with E-state index in [1.54, 1.807) is 29.8 Å². The molecule has 3 heterocycles. The van der Waals surface area contributed by atoms with Gasteiger partial charge in [-0.05, 0) is 12.5 Å². The number of anilines is 1. The highest BCUT2D eigenvalue weighted by molar-refractivity contribution is 7.17. The number of aromatic nitrogens is 3. The van der Waals surface area contributed by atoms with E-state index < -0.39 is 0 Å². The maximum Gasteiger partial charge on any atom is 0.158 e. The molecule has 3 aromatic heterocycles. The van der Waals surface area contributed by atoms with E-state index in [-0.39, 0.29) is 0 Å². The van der Waals surface area contributed by atoms with Gasteiger partial charge in [0.25, 0.3) is 0 Å². The van der Waals surface area contributed by atoms with Gasteiger partial charge in [-0.15, -0.1) is 22.7 Å². The molecule has 27 heavy (non-hydrogen) atoms. The number of hydrogen-bond donors (Lipinski definition) is 0. The average molecular weight is 397 g/mol. The van der Waals surface area contributed by atoms with Gasteiger partial charge in [-0.1, -0.05) is 30.3 Å². The third kappa shape index (κ3) is 3.71. The number of rotatable bonds is 6. The minimum Gasteiger partial charge on any atom is -0.377 e. The summed E-state index contributed by atoms with van der Waals surface area (Å²) in [5, 5.41) is 6.40. The van der Waals surface area contributed by atoms with Crippen molar-refractivity contribution in [2.45, 2.75) is 20.1 Å². The maximum atomic E-state index is 5.28. The molecule has 4 rings (SSSR count). The lowest BCUT2D eigenvalue weighted by Crippen LogP contribution is -2.19. The van der Waals surface area contributed by atoms with Crippen molar-refractivity contribution >= 4 is 38.7 Å². The average Bonchev–Trinajstić information content (AvgIpc) is 3.28. The third-order valence-electron chi connectivity index (χ3n) is 4.22. The molecule has 0 fully saturated rings. The molecule has 0 aliphatic rings. The van der Waals surface area contributed by atoms with Gasteiger partial charge in [-0.3, -0.25) is 0 Å². The largest absolute Gasteiger partial charge is 0.377 e. The van der Waals surface area contributed by atoms with Crippen LogP contribution in [0.15, 0.2) is 41.1 Å². The number of ether oxygens (including phenoxy) is 1. The topological polar surface area (TPSA) is 51.1 Å². The Balaban J connectivity index is 1.83. The van der Waals surface area contributed by atoms with E-state index in [9.17, 15) is 0 Å². The van der Waals surface area contributed by atoms with Crippen LogP contribution in [-0.2, 0) is 17.9 Å². The van der Waals surface area contributed by atoms with E-state index in [4.69, 9.17) is 14.7 Å². The van der Waals surface area contributed by atoms with Crippen LogP contribution in [0.3, 0.4) is 0 Å². The molecule has 0 unspecified atom stereocenters. The lowest BCUT2D eigenvalue weighted by Gasteiger charge is -2.19. The Morgan fingerprint density at radius 1 is 1.04 bits per heavy atom. The van der Waals surface area contributed by atoms with Crippen molar-refractivity contribution in [1.29, 1.82) is 0 Å². The number of aryl methyl sites for hydroxylation is 1. The monoisotopic (exact) mass is 396 g/mol. The van der Waals surface area contributed by atoms with Crippen molar-refractivity contribution < 1.29 is 4.74 Å². The van der Waals surface area contributed by atoms with Gasteiger partial charge in [0, 0.05) is 36.2 Å². The van der Waals surface area contributed by atoms with Crippen LogP contribution < -0.4 is 4.90 Å². The summed E-state index contributed by atoms with van der Waals surface area (Å²) in [5.74, 6) is 1.61. The van der Waals surface area contributed by atoms with E-state index in [1.807, 2.05) is 13.0 Å². The zero-order chi connectivity index (χ0) is 18.8. The van der Waals surface area contributed by atoms with Gasteiger partial charge < -0.3 is 9.64 Å². The van der Waals surface area contributed by atoms with Crippen LogP contribution in [0.5, 0.6) is 0 Å². The molecule has 0 bridgehead atoms. The van der Waals surface area contributed by atoms with Crippen molar-refractivity contribution in [2.24, 2.45) is 0 Å². The van der Waals surface area contributed by atoms with Crippen LogP contribution in [0.1, 0.15) is 16.5 Å². The Kier molecular flexibility index (Phi) is 5.15. The van der Waals surface area contributed by atoms with E-state index >= 15 is 0 Å². The lowest BCUT2D eigenvalue weighted by atomic mass is 10.1. The number of benzene rings is 1. The number of nitrogens with zero attached hydrogens (tertiary/aromatic N) is 4. The summed E-state index contributed by atoms with van der Waals surface area (Å²) in [6, 6.07) is 10.4. The van der Waals surface area contributed by atoms with Crippen LogP contribution in [0.4, 0.5) is 5.82 Å². The first-order valence-electron chi connectivity index (χ1n) is 8.60. The summed E-state index contributed by atoms with van der Waals surface area (Å²) in [6.45, 7) is 3.12. The second kappa shape index (κ2) is 7.72.